The van der Waals surface area contributed by atoms with E-state index in [1.165, 1.54) is 0 Å². The summed E-state index contributed by atoms with van der Waals surface area (Å²) in [6.07, 6.45) is 2.47. The molecule has 0 amide bonds. The lowest BCUT2D eigenvalue weighted by Gasteiger charge is -2.07. The Morgan fingerprint density at radius 1 is 0.963 bits per heavy atom. The van der Waals surface area contributed by atoms with E-state index in [0.29, 0.717) is 24.0 Å². The van der Waals surface area contributed by atoms with E-state index in [9.17, 15) is 9.59 Å². The lowest BCUT2D eigenvalue weighted by atomic mass is 10.0. The Morgan fingerprint density at radius 2 is 1.70 bits per heavy atom. The summed E-state index contributed by atoms with van der Waals surface area (Å²) >= 11 is 0. The molecular weight excluding hydrogens is 338 g/mol. The summed E-state index contributed by atoms with van der Waals surface area (Å²) in [5.41, 5.74) is 3.80. The minimum atomic E-state index is -0.402. The molecule has 27 heavy (non-hydrogen) atoms. The topological polar surface area (TPSA) is 69.0 Å². The molecule has 2 aromatic heterocycles. The third-order valence-electron chi connectivity index (χ3n) is 4.77. The van der Waals surface area contributed by atoms with Gasteiger partial charge >= 0.3 is 5.69 Å². The van der Waals surface area contributed by atoms with E-state index in [2.05, 4.69) is 9.97 Å². The van der Waals surface area contributed by atoms with Crippen LogP contribution in [0.25, 0.3) is 22.2 Å². The molecule has 0 radical (unpaired) electrons. The van der Waals surface area contributed by atoms with E-state index in [-0.39, 0.29) is 5.56 Å². The van der Waals surface area contributed by atoms with Crippen molar-refractivity contribution in [1.82, 2.24) is 9.55 Å². The van der Waals surface area contributed by atoms with Gasteiger partial charge in [0.05, 0.1) is 12.7 Å². The fourth-order valence-electron chi connectivity index (χ4n) is 3.33. The van der Waals surface area contributed by atoms with E-state index in [0.717, 1.165) is 22.3 Å². The maximum absolute atomic E-state index is 12.6. The summed E-state index contributed by atoms with van der Waals surface area (Å²) in [6, 6.07) is 19.8. The van der Waals surface area contributed by atoms with Gasteiger partial charge in [-0.2, -0.15) is 4.57 Å². The molecule has 5 nitrogen and oxygen atoms in total. The van der Waals surface area contributed by atoms with Crippen LogP contribution in [0.15, 0.2) is 76.4 Å². The summed E-state index contributed by atoms with van der Waals surface area (Å²) in [4.78, 5) is 30.6. The van der Waals surface area contributed by atoms with Gasteiger partial charge in [-0.25, -0.2) is 9.78 Å². The second-order valence-corrected chi connectivity index (χ2v) is 6.63. The molecule has 0 saturated carbocycles. The number of rotatable bonds is 4. The van der Waals surface area contributed by atoms with Gasteiger partial charge in [0.1, 0.15) is 5.39 Å². The zero-order chi connectivity index (χ0) is 18.8. The lowest BCUT2D eigenvalue weighted by Crippen LogP contribution is -2.34. The van der Waals surface area contributed by atoms with Crippen LogP contribution in [0.1, 0.15) is 11.1 Å². The van der Waals surface area contributed by atoms with Gasteiger partial charge in [-0.15, -0.1) is 0 Å². The number of pyridine rings is 1. The second kappa shape index (κ2) is 7.03. The van der Waals surface area contributed by atoms with Crippen molar-refractivity contribution in [2.45, 2.75) is 19.9 Å². The second-order valence-electron chi connectivity index (χ2n) is 6.63. The highest BCUT2D eigenvalue weighted by Crippen LogP contribution is 2.23. The van der Waals surface area contributed by atoms with Gasteiger partial charge in [0.2, 0.25) is 0 Å². The number of benzene rings is 2. The summed E-state index contributed by atoms with van der Waals surface area (Å²) in [7, 11) is 0. The van der Waals surface area contributed by atoms with Crippen molar-refractivity contribution >= 4 is 11.0 Å². The number of aromatic amines is 2. The first-order chi connectivity index (χ1) is 13.1. The average molecular weight is 358 g/mol. The highest BCUT2D eigenvalue weighted by molar-refractivity contribution is 5.90. The summed E-state index contributed by atoms with van der Waals surface area (Å²) < 4.78 is 1.60. The first-order valence-electron chi connectivity index (χ1n) is 8.92. The minimum Gasteiger partial charge on any atom is -0.268 e. The molecule has 0 saturated heterocycles. The van der Waals surface area contributed by atoms with E-state index < -0.39 is 5.69 Å². The van der Waals surface area contributed by atoms with Crippen LogP contribution in [0, 0.1) is 6.92 Å². The van der Waals surface area contributed by atoms with Crippen LogP contribution in [-0.2, 0) is 13.0 Å². The monoisotopic (exact) mass is 358 g/mol. The van der Waals surface area contributed by atoms with Crippen LogP contribution >= 0.6 is 0 Å². The van der Waals surface area contributed by atoms with Crippen molar-refractivity contribution in [1.29, 1.82) is 0 Å². The lowest BCUT2D eigenvalue weighted by molar-refractivity contribution is -0.349. The Labute approximate surface area is 156 Å². The molecule has 0 fully saturated rings. The molecule has 0 bridgehead atoms. The minimum absolute atomic E-state index is 0.376. The predicted octanol–water partition coefficient (Wildman–Crippen LogP) is 2.72. The standard InChI is InChI=1S/C22H19N3O2/c1-15-7-9-17(10-8-15)18-11-13-23-20-19(18)21(26)24-22(27)25(20)14-12-16-5-3-2-4-6-16/h2-11,13H,12,14H2,1H3,(H,24,26,27)/p+1. The van der Waals surface area contributed by atoms with Gasteiger partial charge < -0.3 is 0 Å². The van der Waals surface area contributed by atoms with E-state index in [4.69, 9.17) is 0 Å². The fourth-order valence-corrected chi connectivity index (χ4v) is 3.33. The van der Waals surface area contributed by atoms with Gasteiger partial charge in [0.15, 0.2) is 0 Å². The molecule has 2 heterocycles. The maximum atomic E-state index is 12.6. The molecule has 4 rings (SSSR count). The maximum Gasteiger partial charge on any atom is 0.415 e. The molecule has 2 N–H and O–H groups in total. The highest BCUT2D eigenvalue weighted by Gasteiger charge is 2.19. The van der Waals surface area contributed by atoms with Gasteiger partial charge in [0.25, 0.3) is 11.2 Å². The predicted molar refractivity (Wildman–Crippen MR) is 106 cm³/mol. The van der Waals surface area contributed by atoms with Crippen LogP contribution in [-0.4, -0.2) is 9.55 Å². The van der Waals surface area contributed by atoms with Gasteiger partial charge in [-0.3, -0.25) is 9.78 Å². The molecule has 0 spiro atoms. The summed E-state index contributed by atoms with van der Waals surface area (Å²) in [5.74, 6) is 0. The molecule has 2 aromatic carbocycles. The number of nitrogens with zero attached hydrogens (tertiary/aromatic N) is 1. The third-order valence-corrected chi connectivity index (χ3v) is 4.77. The number of fused-ring (bicyclic) bond motifs is 1. The van der Waals surface area contributed by atoms with Crippen LogP contribution < -0.4 is 16.2 Å². The van der Waals surface area contributed by atoms with Crippen molar-refractivity contribution in [2.75, 3.05) is 0 Å². The van der Waals surface area contributed by atoms with Crippen LogP contribution in [0.5, 0.6) is 0 Å². The molecule has 0 unspecified atom stereocenters. The zero-order valence-corrected chi connectivity index (χ0v) is 15.0. The molecular formula is C22H20N3O2+. The number of aryl methyl sites for hydroxylation is 3. The number of nitrogens with one attached hydrogen (secondary N) is 2. The molecule has 0 aliphatic carbocycles. The molecule has 5 heteroatoms. The van der Waals surface area contributed by atoms with Crippen LogP contribution in [0.2, 0.25) is 0 Å². The quantitative estimate of drug-likeness (QED) is 0.609. The Morgan fingerprint density at radius 3 is 2.44 bits per heavy atom. The van der Waals surface area contributed by atoms with Crippen molar-refractivity contribution in [3.05, 3.63) is 98.8 Å². The Bertz CT molecular complexity index is 1210. The number of hydrogen-bond donors (Lipinski definition) is 1. The van der Waals surface area contributed by atoms with Crippen molar-refractivity contribution in [3.63, 3.8) is 0 Å². The highest BCUT2D eigenvalue weighted by atomic mass is 16.2. The van der Waals surface area contributed by atoms with Gasteiger partial charge in [-0.1, -0.05) is 60.2 Å². The molecule has 0 aliphatic heterocycles. The fraction of sp³-hybridized carbons (Fsp3) is 0.136. The Balaban J connectivity index is 1.86. The summed E-state index contributed by atoms with van der Waals surface area (Å²) in [6.45, 7) is 2.50. The SMILES string of the molecule is Cc1ccc(-c2cc[nH+]c3c2c(=O)[nH]c(=O)n3CCc2ccccc2)cc1. The summed E-state index contributed by atoms with van der Waals surface area (Å²) in [5, 5.41) is 0.494. The third kappa shape index (κ3) is 3.31. The average Bonchev–Trinajstić information content (AvgIpc) is 2.68. The van der Waals surface area contributed by atoms with E-state index >= 15 is 0 Å². The normalized spacial score (nSPS) is 11.0. The molecule has 0 aliphatic rings. The van der Waals surface area contributed by atoms with E-state index in [1.54, 1.807) is 10.8 Å². The van der Waals surface area contributed by atoms with Gasteiger partial charge in [-0.05, 0) is 24.1 Å². The van der Waals surface area contributed by atoms with Crippen LogP contribution in [0.3, 0.4) is 0 Å². The Kier molecular flexibility index (Phi) is 4.42. The first kappa shape index (κ1) is 17.0. The number of hydrogen-bond acceptors (Lipinski definition) is 2. The van der Waals surface area contributed by atoms with E-state index in [1.807, 2.05) is 67.6 Å². The van der Waals surface area contributed by atoms with Crippen molar-refractivity contribution in [2.24, 2.45) is 0 Å². The Hall–Kier alpha value is -3.47. The zero-order valence-electron chi connectivity index (χ0n) is 15.0. The van der Waals surface area contributed by atoms with Crippen LogP contribution in [0.4, 0.5) is 0 Å². The first-order valence-corrected chi connectivity index (χ1v) is 8.92. The van der Waals surface area contributed by atoms with Gasteiger partial charge in [0, 0.05) is 12.0 Å². The molecule has 4 aromatic rings. The molecule has 0 atom stereocenters. The molecule has 134 valence electrons. The number of aromatic nitrogens is 3. The van der Waals surface area contributed by atoms with Crippen molar-refractivity contribution < 1.29 is 4.98 Å². The van der Waals surface area contributed by atoms with Crippen molar-refractivity contribution in [3.8, 4) is 11.1 Å². The smallest absolute Gasteiger partial charge is 0.268 e. The number of H-pyrrole nitrogens is 2. The largest absolute Gasteiger partial charge is 0.415 e.